The molecule has 2 amide bonds. The number of nitrogens with zero attached hydrogens (tertiary/aromatic N) is 1. The van der Waals surface area contributed by atoms with E-state index in [2.05, 4.69) is 10.5 Å². The Morgan fingerprint density at radius 1 is 1.40 bits per heavy atom. The molecule has 1 rings (SSSR count). The molecule has 0 aliphatic rings. The van der Waals surface area contributed by atoms with Gasteiger partial charge in [-0.1, -0.05) is 41.9 Å². The van der Waals surface area contributed by atoms with Crippen LogP contribution in [0.5, 0.6) is 0 Å². The van der Waals surface area contributed by atoms with Crippen LogP contribution in [0.15, 0.2) is 41.5 Å². The Balaban J connectivity index is 2.61. The first-order valence-corrected chi connectivity index (χ1v) is 4.57. The second kappa shape index (κ2) is 5.82. The van der Waals surface area contributed by atoms with Crippen LogP contribution in [-0.2, 0) is 0 Å². The third kappa shape index (κ3) is 4.28. The van der Waals surface area contributed by atoms with E-state index < -0.39 is 6.03 Å². The Morgan fingerprint density at radius 2 is 2.07 bits per heavy atom. The second-order valence-electron chi connectivity index (χ2n) is 2.63. The Kier molecular flexibility index (Phi) is 4.37. The first kappa shape index (κ1) is 11.3. The van der Waals surface area contributed by atoms with Crippen molar-refractivity contribution >= 4 is 28.9 Å². The number of hydrogen-bond acceptors (Lipinski definition) is 2. The highest BCUT2D eigenvalue weighted by atomic mass is 35.5. The zero-order valence-electron chi connectivity index (χ0n) is 7.85. The van der Waals surface area contributed by atoms with Gasteiger partial charge >= 0.3 is 6.03 Å². The zero-order valence-corrected chi connectivity index (χ0v) is 8.61. The summed E-state index contributed by atoms with van der Waals surface area (Å²) in [6.45, 7) is 0. The number of primary amides is 1. The third-order valence-corrected chi connectivity index (χ3v) is 1.86. The number of nitrogens with one attached hydrogen (secondary N) is 1. The van der Waals surface area contributed by atoms with E-state index in [4.69, 9.17) is 17.3 Å². The molecule has 0 radical (unpaired) electrons. The van der Waals surface area contributed by atoms with Crippen molar-refractivity contribution in [2.24, 2.45) is 10.8 Å². The predicted molar refractivity (Wildman–Crippen MR) is 61.5 cm³/mol. The number of urea groups is 1. The maximum Gasteiger partial charge on any atom is 0.332 e. The van der Waals surface area contributed by atoms with Crippen molar-refractivity contribution in [3.05, 3.63) is 42.0 Å². The molecule has 0 spiro atoms. The Bertz CT molecular complexity index is 387. The number of allylic oxidation sites excluding steroid dienone is 1. The van der Waals surface area contributed by atoms with Crippen molar-refractivity contribution in [1.82, 2.24) is 5.43 Å². The van der Waals surface area contributed by atoms with Crippen LogP contribution in [0.1, 0.15) is 5.56 Å². The fourth-order valence-corrected chi connectivity index (χ4v) is 1.08. The summed E-state index contributed by atoms with van der Waals surface area (Å²) in [5.74, 6) is 0. The minimum absolute atomic E-state index is 0.533. The Morgan fingerprint density at radius 3 is 2.67 bits per heavy atom. The van der Waals surface area contributed by atoms with Crippen LogP contribution in [-0.4, -0.2) is 12.2 Å². The number of amides is 2. The van der Waals surface area contributed by atoms with Crippen LogP contribution in [0, 0.1) is 0 Å². The van der Waals surface area contributed by atoms with Crippen LogP contribution in [0.25, 0.3) is 5.03 Å². The van der Waals surface area contributed by atoms with E-state index in [1.54, 1.807) is 6.08 Å². The lowest BCUT2D eigenvalue weighted by Gasteiger charge is -1.95. The van der Waals surface area contributed by atoms with Gasteiger partial charge in [0.05, 0.1) is 0 Å². The molecule has 0 unspecified atom stereocenters. The smallest absolute Gasteiger partial charge is 0.332 e. The number of carbonyl (C=O) groups is 1. The van der Waals surface area contributed by atoms with Gasteiger partial charge in [-0.15, -0.1) is 0 Å². The SMILES string of the molecule is NC(=O)NN=CC=C(Cl)c1ccccc1. The van der Waals surface area contributed by atoms with E-state index in [1.165, 1.54) is 6.21 Å². The highest BCUT2D eigenvalue weighted by Gasteiger charge is 1.93. The third-order valence-electron chi connectivity index (χ3n) is 1.52. The molecular weight excluding hydrogens is 214 g/mol. The van der Waals surface area contributed by atoms with Gasteiger partial charge in [-0.25, -0.2) is 10.2 Å². The summed E-state index contributed by atoms with van der Waals surface area (Å²) in [6.07, 6.45) is 2.92. The van der Waals surface area contributed by atoms with E-state index in [9.17, 15) is 4.79 Å². The number of benzene rings is 1. The standard InChI is InChI=1S/C10H10ClN3O/c11-9(6-7-13-14-10(12)15)8-4-2-1-3-5-8/h1-7H,(H3,12,14,15). The highest BCUT2D eigenvalue weighted by molar-refractivity contribution is 6.49. The summed E-state index contributed by atoms with van der Waals surface area (Å²) in [5, 5.41) is 4.06. The molecule has 0 aliphatic carbocycles. The number of halogens is 1. The molecule has 0 aliphatic heterocycles. The van der Waals surface area contributed by atoms with Gasteiger partial charge in [0.1, 0.15) is 0 Å². The number of hydrogen-bond donors (Lipinski definition) is 2. The maximum absolute atomic E-state index is 10.3. The molecule has 1 aromatic carbocycles. The molecule has 15 heavy (non-hydrogen) atoms. The number of carbonyl (C=O) groups excluding carboxylic acids is 1. The van der Waals surface area contributed by atoms with E-state index >= 15 is 0 Å². The first-order valence-electron chi connectivity index (χ1n) is 4.20. The van der Waals surface area contributed by atoms with Gasteiger partial charge in [0.15, 0.2) is 0 Å². The van der Waals surface area contributed by atoms with Crippen LogP contribution < -0.4 is 11.2 Å². The fourth-order valence-electron chi connectivity index (χ4n) is 0.897. The summed E-state index contributed by atoms with van der Waals surface area (Å²) < 4.78 is 0. The Labute approximate surface area is 92.4 Å². The molecule has 0 saturated carbocycles. The van der Waals surface area contributed by atoms with Gasteiger partial charge in [0.2, 0.25) is 0 Å². The van der Waals surface area contributed by atoms with Gasteiger partial charge in [-0.2, -0.15) is 5.10 Å². The molecule has 4 nitrogen and oxygen atoms in total. The molecule has 0 saturated heterocycles. The number of rotatable bonds is 3. The summed E-state index contributed by atoms with van der Waals surface area (Å²) in [6, 6.07) is 8.68. The quantitative estimate of drug-likeness (QED) is 0.597. The lowest BCUT2D eigenvalue weighted by molar-refractivity contribution is 0.249. The van der Waals surface area contributed by atoms with Gasteiger partial charge in [0.25, 0.3) is 0 Å². The van der Waals surface area contributed by atoms with Crippen molar-refractivity contribution in [3.63, 3.8) is 0 Å². The van der Waals surface area contributed by atoms with Crippen molar-refractivity contribution in [2.75, 3.05) is 0 Å². The molecule has 78 valence electrons. The van der Waals surface area contributed by atoms with Crippen molar-refractivity contribution < 1.29 is 4.79 Å². The molecule has 0 bridgehead atoms. The molecule has 0 fully saturated rings. The van der Waals surface area contributed by atoms with E-state index in [0.29, 0.717) is 5.03 Å². The average molecular weight is 224 g/mol. The second-order valence-corrected chi connectivity index (χ2v) is 3.04. The van der Waals surface area contributed by atoms with E-state index in [-0.39, 0.29) is 0 Å². The molecular formula is C10H10ClN3O. The zero-order chi connectivity index (χ0) is 11.1. The molecule has 0 heterocycles. The van der Waals surface area contributed by atoms with Crippen molar-refractivity contribution in [2.45, 2.75) is 0 Å². The van der Waals surface area contributed by atoms with Gasteiger partial charge in [0, 0.05) is 11.2 Å². The molecule has 5 heteroatoms. The molecule has 1 aromatic rings. The predicted octanol–water partition coefficient (Wildman–Crippen LogP) is 1.92. The fraction of sp³-hybridized carbons (Fsp3) is 0. The topological polar surface area (TPSA) is 67.5 Å². The summed E-state index contributed by atoms with van der Waals surface area (Å²) in [5.41, 5.74) is 7.74. The monoisotopic (exact) mass is 223 g/mol. The highest BCUT2D eigenvalue weighted by Crippen LogP contribution is 2.16. The van der Waals surface area contributed by atoms with Crippen LogP contribution in [0.4, 0.5) is 4.79 Å². The minimum atomic E-state index is -0.713. The molecule has 0 atom stereocenters. The largest absolute Gasteiger partial charge is 0.350 e. The van der Waals surface area contributed by atoms with Crippen LogP contribution in [0.3, 0.4) is 0 Å². The van der Waals surface area contributed by atoms with Crippen molar-refractivity contribution in [1.29, 1.82) is 0 Å². The van der Waals surface area contributed by atoms with Gasteiger partial charge < -0.3 is 5.73 Å². The average Bonchev–Trinajstić information content (AvgIpc) is 2.25. The maximum atomic E-state index is 10.3. The normalized spacial score (nSPS) is 11.7. The van der Waals surface area contributed by atoms with Crippen molar-refractivity contribution in [3.8, 4) is 0 Å². The number of nitrogens with two attached hydrogens (primary N) is 1. The van der Waals surface area contributed by atoms with Gasteiger partial charge in [-0.3, -0.25) is 0 Å². The lowest BCUT2D eigenvalue weighted by atomic mass is 10.2. The summed E-state index contributed by atoms with van der Waals surface area (Å²) in [4.78, 5) is 10.3. The van der Waals surface area contributed by atoms with Crippen LogP contribution in [0.2, 0.25) is 0 Å². The molecule has 0 aromatic heterocycles. The number of hydrazone groups is 1. The Hall–Kier alpha value is -1.81. The first-order chi connectivity index (χ1) is 7.20. The summed E-state index contributed by atoms with van der Waals surface area (Å²) in [7, 11) is 0. The molecule has 3 N–H and O–H groups in total. The summed E-state index contributed by atoms with van der Waals surface area (Å²) >= 11 is 5.95. The van der Waals surface area contributed by atoms with E-state index in [1.807, 2.05) is 30.3 Å². The lowest BCUT2D eigenvalue weighted by Crippen LogP contribution is -2.24. The minimum Gasteiger partial charge on any atom is -0.350 e. The van der Waals surface area contributed by atoms with Crippen LogP contribution >= 0.6 is 11.6 Å². The van der Waals surface area contributed by atoms with Gasteiger partial charge in [-0.05, 0) is 11.6 Å². The van der Waals surface area contributed by atoms with E-state index in [0.717, 1.165) is 5.56 Å².